The van der Waals surface area contributed by atoms with Gasteiger partial charge in [0.25, 0.3) is 0 Å². The van der Waals surface area contributed by atoms with E-state index in [0.29, 0.717) is 5.92 Å². The van der Waals surface area contributed by atoms with Crippen molar-refractivity contribution in [2.45, 2.75) is 90.9 Å². The van der Waals surface area contributed by atoms with E-state index in [1.165, 1.54) is 49.7 Å². The average Bonchev–Trinajstić information content (AvgIpc) is 3.21. The number of carbonyl (C=O) groups is 1. The van der Waals surface area contributed by atoms with Crippen LogP contribution in [-0.2, 0) is 4.79 Å². The summed E-state index contributed by atoms with van der Waals surface area (Å²) in [6.07, 6.45) is 22.5. The van der Waals surface area contributed by atoms with E-state index in [-0.39, 0.29) is 10.8 Å². The van der Waals surface area contributed by atoms with Gasteiger partial charge in [-0.3, -0.25) is 9.78 Å². The summed E-state index contributed by atoms with van der Waals surface area (Å²) in [6, 6.07) is 4.31. The van der Waals surface area contributed by atoms with Crippen molar-refractivity contribution in [2.75, 3.05) is 0 Å². The summed E-state index contributed by atoms with van der Waals surface area (Å²) < 4.78 is 0. The van der Waals surface area contributed by atoms with E-state index >= 15 is 0 Å². The number of pyridine rings is 1. The van der Waals surface area contributed by atoms with Crippen LogP contribution in [0.2, 0.25) is 0 Å². The van der Waals surface area contributed by atoms with Crippen molar-refractivity contribution in [3.8, 4) is 0 Å². The van der Waals surface area contributed by atoms with Gasteiger partial charge in [0.05, 0.1) is 5.41 Å². The van der Waals surface area contributed by atoms with Gasteiger partial charge in [0.1, 0.15) is 0 Å². The summed E-state index contributed by atoms with van der Waals surface area (Å²) >= 11 is 0. The molecule has 5 aliphatic rings. The number of nitrogens with zero attached hydrogens (tertiary/aromatic N) is 1. The van der Waals surface area contributed by atoms with Crippen LogP contribution < -0.4 is 0 Å². The normalized spacial score (nSPS) is 40.9. The Hall–Kier alpha value is -1.90. The molecule has 3 saturated carbocycles. The molecular formula is C31H41NO2. The number of carboxylic acid groups (broad SMARTS) is 1. The molecule has 0 aromatic carbocycles. The Kier molecular flexibility index (Phi) is 5.35. The quantitative estimate of drug-likeness (QED) is 0.471. The molecule has 0 amide bonds. The maximum Gasteiger partial charge on any atom is 0.309 e. The third-order valence-electron chi connectivity index (χ3n) is 11.6. The first kappa shape index (κ1) is 22.6. The fourth-order valence-corrected chi connectivity index (χ4v) is 9.65. The zero-order chi connectivity index (χ0) is 23.6. The predicted octanol–water partition coefficient (Wildman–Crippen LogP) is 7.69. The van der Waals surface area contributed by atoms with Crippen molar-refractivity contribution in [3.63, 3.8) is 0 Å². The highest BCUT2D eigenvalue weighted by Crippen LogP contribution is 2.67. The average molecular weight is 460 g/mol. The topological polar surface area (TPSA) is 50.2 Å². The highest BCUT2D eigenvalue weighted by Gasteiger charge is 2.58. The van der Waals surface area contributed by atoms with Crippen molar-refractivity contribution in [2.24, 2.45) is 39.9 Å². The van der Waals surface area contributed by atoms with Crippen LogP contribution in [0.25, 0.3) is 5.57 Å². The maximum absolute atomic E-state index is 12.5. The zero-order valence-electron chi connectivity index (χ0n) is 21.1. The van der Waals surface area contributed by atoms with Crippen LogP contribution in [0.5, 0.6) is 0 Å². The second-order valence-corrected chi connectivity index (χ2v) is 12.8. The van der Waals surface area contributed by atoms with E-state index in [1.54, 1.807) is 5.57 Å². The third kappa shape index (κ3) is 3.14. The van der Waals surface area contributed by atoms with Crippen molar-refractivity contribution in [1.82, 2.24) is 4.98 Å². The van der Waals surface area contributed by atoms with Gasteiger partial charge in [-0.2, -0.15) is 0 Å². The van der Waals surface area contributed by atoms with Gasteiger partial charge in [0.15, 0.2) is 0 Å². The van der Waals surface area contributed by atoms with Crippen LogP contribution in [0.4, 0.5) is 0 Å². The van der Waals surface area contributed by atoms with Gasteiger partial charge in [-0.15, -0.1) is 0 Å². The Bertz CT molecular complexity index is 1020. The minimum Gasteiger partial charge on any atom is -0.481 e. The molecule has 182 valence electrons. The summed E-state index contributed by atoms with van der Waals surface area (Å²) in [7, 11) is 0. The molecule has 3 heteroatoms. The van der Waals surface area contributed by atoms with Gasteiger partial charge >= 0.3 is 5.97 Å². The smallest absolute Gasteiger partial charge is 0.309 e. The molecule has 0 bridgehead atoms. The molecule has 3 fully saturated rings. The minimum atomic E-state index is -0.511. The monoisotopic (exact) mass is 459 g/mol. The lowest BCUT2D eigenvalue weighted by atomic mass is 9.45. The summed E-state index contributed by atoms with van der Waals surface area (Å²) in [6.45, 7) is 5.07. The molecule has 6 rings (SSSR count). The largest absolute Gasteiger partial charge is 0.481 e. The maximum atomic E-state index is 12.5. The van der Waals surface area contributed by atoms with Crippen molar-refractivity contribution in [1.29, 1.82) is 0 Å². The molecule has 1 N–H and O–H groups in total. The standard InChI is InChI=1S/C31H41NO2/c1-29-16-12-23(31(28(33)34)14-4-3-5-15-31)19-22(29)8-9-24-26-11-10-25(21-7-6-18-32-20-21)30(26,2)17-13-27(24)29/h6-8,10,18,20,23-24,26-27H,3-5,9,11-17,19H2,1-2H3,(H,33,34)/t23-,24-,26-,27-,29-,30+/m0/s1. The van der Waals surface area contributed by atoms with E-state index in [4.69, 9.17) is 0 Å². The van der Waals surface area contributed by atoms with Crippen molar-refractivity contribution < 1.29 is 9.90 Å². The van der Waals surface area contributed by atoms with Crippen LogP contribution >= 0.6 is 0 Å². The molecule has 1 heterocycles. The zero-order valence-corrected chi connectivity index (χ0v) is 21.1. The van der Waals surface area contributed by atoms with Crippen LogP contribution in [0.15, 0.2) is 42.3 Å². The molecule has 0 aliphatic heterocycles. The molecule has 6 atom stereocenters. The molecule has 5 aliphatic carbocycles. The number of hydrogen-bond acceptors (Lipinski definition) is 2. The number of allylic oxidation sites excluding steroid dienone is 4. The SMILES string of the molecule is C[C@]12CC[C@H](C3(C(=O)O)CCCCC3)CC1=CC[C@@H]1[C@@H]2CC[C@]2(C)C(c3cccnc3)=CC[C@@H]12. The van der Waals surface area contributed by atoms with Crippen LogP contribution in [0.1, 0.15) is 96.5 Å². The second kappa shape index (κ2) is 8.07. The molecule has 34 heavy (non-hydrogen) atoms. The Morgan fingerprint density at radius 2 is 1.76 bits per heavy atom. The van der Waals surface area contributed by atoms with Crippen LogP contribution in [-0.4, -0.2) is 16.1 Å². The fraction of sp³-hybridized carbons (Fsp3) is 0.677. The Morgan fingerprint density at radius 3 is 2.50 bits per heavy atom. The molecular weight excluding hydrogens is 418 g/mol. The molecule has 0 saturated heterocycles. The van der Waals surface area contributed by atoms with Crippen LogP contribution in [0.3, 0.4) is 0 Å². The minimum absolute atomic E-state index is 0.262. The number of rotatable bonds is 3. The summed E-state index contributed by atoms with van der Waals surface area (Å²) in [5, 5.41) is 10.3. The van der Waals surface area contributed by atoms with E-state index in [2.05, 4.69) is 49.3 Å². The van der Waals surface area contributed by atoms with E-state index in [1.807, 2.05) is 6.20 Å². The Balaban J connectivity index is 1.26. The number of carboxylic acids is 1. The molecule has 1 aromatic heterocycles. The van der Waals surface area contributed by atoms with E-state index in [9.17, 15) is 9.90 Å². The first-order chi connectivity index (χ1) is 16.4. The van der Waals surface area contributed by atoms with Gasteiger partial charge in [-0.25, -0.2) is 0 Å². The Labute approximate surface area is 205 Å². The lowest BCUT2D eigenvalue weighted by Gasteiger charge is -2.59. The number of aromatic nitrogens is 1. The number of fused-ring (bicyclic) bond motifs is 5. The van der Waals surface area contributed by atoms with Gasteiger partial charge in [-0.1, -0.05) is 56.9 Å². The molecule has 0 unspecified atom stereocenters. The van der Waals surface area contributed by atoms with Crippen molar-refractivity contribution >= 4 is 11.5 Å². The highest BCUT2D eigenvalue weighted by atomic mass is 16.4. The van der Waals surface area contributed by atoms with Crippen molar-refractivity contribution in [3.05, 3.63) is 47.8 Å². The van der Waals surface area contributed by atoms with Gasteiger partial charge < -0.3 is 5.11 Å². The van der Waals surface area contributed by atoms with Gasteiger partial charge in [-0.05, 0) is 109 Å². The first-order valence-electron chi connectivity index (χ1n) is 13.9. The summed E-state index contributed by atoms with van der Waals surface area (Å²) in [5.41, 5.74) is 4.55. The van der Waals surface area contributed by atoms with Gasteiger partial charge in [0.2, 0.25) is 0 Å². The van der Waals surface area contributed by atoms with Gasteiger partial charge in [0, 0.05) is 12.4 Å². The Morgan fingerprint density at radius 1 is 0.971 bits per heavy atom. The third-order valence-corrected chi connectivity index (χ3v) is 11.6. The lowest BCUT2D eigenvalue weighted by molar-refractivity contribution is -0.157. The highest BCUT2D eigenvalue weighted by molar-refractivity contribution is 5.75. The van der Waals surface area contributed by atoms with Crippen LogP contribution in [0, 0.1) is 39.9 Å². The number of aliphatic carboxylic acids is 1. The molecule has 0 spiro atoms. The summed E-state index contributed by atoms with van der Waals surface area (Å²) in [5.74, 6) is 2.04. The predicted molar refractivity (Wildman–Crippen MR) is 136 cm³/mol. The second-order valence-electron chi connectivity index (χ2n) is 12.8. The summed E-state index contributed by atoms with van der Waals surface area (Å²) in [4.78, 5) is 16.9. The van der Waals surface area contributed by atoms with E-state index in [0.717, 1.165) is 56.3 Å². The molecule has 1 aromatic rings. The fourth-order valence-electron chi connectivity index (χ4n) is 9.65. The first-order valence-corrected chi connectivity index (χ1v) is 13.9. The number of hydrogen-bond donors (Lipinski definition) is 1. The molecule has 3 nitrogen and oxygen atoms in total. The molecule has 0 radical (unpaired) electrons. The van der Waals surface area contributed by atoms with E-state index < -0.39 is 11.4 Å². The lowest BCUT2D eigenvalue weighted by Crippen LogP contribution is -2.51.